The maximum atomic E-state index is 15.1. The van der Waals surface area contributed by atoms with E-state index in [4.69, 9.17) is 0 Å². The average molecular weight is 471 g/mol. The molecule has 5 rings (SSSR count). The molecular formula is C23H26FN5O5. The molecule has 0 bridgehead atoms. The highest BCUT2D eigenvalue weighted by Crippen LogP contribution is 2.51. The van der Waals surface area contributed by atoms with Crippen molar-refractivity contribution in [2.45, 2.75) is 37.2 Å². The number of aliphatic hydroxyl groups excluding tert-OH is 1. The van der Waals surface area contributed by atoms with Gasteiger partial charge >= 0.3 is 5.97 Å². The lowest BCUT2D eigenvalue weighted by Gasteiger charge is -2.39. The Balaban J connectivity index is 1.50. The van der Waals surface area contributed by atoms with Crippen molar-refractivity contribution in [1.29, 1.82) is 0 Å². The molecule has 1 saturated heterocycles. The Morgan fingerprint density at radius 2 is 1.91 bits per heavy atom. The predicted octanol–water partition coefficient (Wildman–Crippen LogP) is 0.924. The van der Waals surface area contributed by atoms with Crippen molar-refractivity contribution < 1.29 is 24.2 Å². The van der Waals surface area contributed by atoms with Crippen molar-refractivity contribution in [2.75, 3.05) is 48.4 Å². The van der Waals surface area contributed by atoms with Crippen LogP contribution in [0.15, 0.2) is 16.9 Å². The highest BCUT2D eigenvalue weighted by atomic mass is 19.1. The van der Waals surface area contributed by atoms with E-state index >= 15 is 4.39 Å². The number of hydrogen-bond donors (Lipinski definition) is 3. The van der Waals surface area contributed by atoms with Crippen molar-refractivity contribution in [3.05, 3.63) is 45.0 Å². The maximum absolute atomic E-state index is 15.1. The third-order valence-electron chi connectivity index (χ3n) is 7.39. The average Bonchev–Trinajstić information content (AvgIpc) is 3.03. The fourth-order valence-electron chi connectivity index (χ4n) is 5.61. The number of aliphatic carboxylic acids is 1. The number of nitrogens with one attached hydrogen (secondary N) is 1. The molecule has 11 heteroatoms. The summed E-state index contributed by atoms with van der Waals surface area (Å²) in [5.41, 5.74) is -0.446. The molecule has 1 aromatic carbocycles. The van der Waals surface area contributed by atoms with Crippen molar-refractivity contribution in [3.63, 3.8) is 0 Å². The van der Waals surface area contributed by atoms with Crippen LogP contribution in [0.1, 0.15) is 42.1 Å². The van der Waals surface area contributed by atoms with E-state index < -0.39 is 23.3 Å². The van der Waals surface area contributed by atoms with Crippen LogP contribution in [0.25, 0.3) is 0 Å². The summed E-state index contributed by atoms with van der Waals surface area (Å²) in [5.74, 6) is -1.34. The van der Waals surface area contributed by atoms with Gasteiger partial charge in [0.25, 0.3) is 5.56 Å². The Bertz CT molecular complexity index is 1250. The van der Waals surface area contributed by atoms with Crippen LogP contribution in [0.4, 0.5) is 21.8 Å². The number of hydrogen-bond acceptors (Lipinski definition) is 7. The predicted molar refractivity (Wildman–Crippen MR) is 122 cm³/mol. The Kier molecular flexibility index (Phi) is 5.12. The van der Waals surface area contributed by atoms with Gasteiger partial charge in [0.15, 0.2) is 6.10 Å². The van der Waals surface area contributed by atoms with Crippen molar-refractivity contribution in [1.82, 2.24) is 9.97 Å². The monoisotopic (exact) mass is 471 g/mol. The Morgan fingerprint density at radius 1 is 1.21 bits per heavy atom. The van der Waals surface area contributed by atoms with Gasteiger partial charge in [0.2, 0.25) is 11.9 Å². The third kappa shape index (κ3) is 3.10. The maximum Gasteiger partial charge on any atom is 0.337 e. The van der Waals surface area contributed by atoms with E-state index in [2.05, 4.69) is 9.97 Å². The summed E-state index contributed by atoms with van der Waals surface area (Å²) in [7, 11) is 3.37. The Labute approximate surface area is 194 Å². The van der Waals surface area contributed by atoms with E-state index in [0.29, 0.717) is 36.8 Å². The number of aromatic amines is 1. The van der Waals surface area contributed by atoms with Gasteiger partial charge in [0.05, 0.1) is 16.7 Å². The van der Waals surface area contributed by atoms with E-state index in [1.165, 1.54) is 18.0 Å². The molecule has 3 aliphatic rings. The number of carboxylic acid groups (broad SMARTS) is 1. The number of aliphatic hydroxyl groups is 1. The van der Waals surface area contributed by atoms with E-state index in [9.17, 15) is 24.6 Å². The van der Waals surface area contributed by atoms with Crippen LogP contribution in [-0.2, 0) is 21.4 Å². The molecule has 1 spiro atoms. The molecular weight excluding hydrogens is 445 g/mol. The summed E-state index contributed by atoms with van der Waals surface area (Å²) < 4.78 is 15.1. The number of amides is 1. The lowest BCUT2D eigenvalue weighted by atomic mass is 9.73. The smallest absolute Gasteiger partial charge is 0.337 e. The molecule has 3 aliphatic heterocycles. The van der Waals surface area contributed by atoms with E-state index in [1.54, 1.807) is 0 Å². The molecule has 10 nitrogen and oxygen atoms in total. The Morgan fingerprint density at radius 3 is 2.59 bits per heavy atom. The molecule has 1 fully saturated rings. The highest BCUT2D eigenvalue weighted by molar-refractivity contribution is 6.09. The van der Waals surface area contributed by atoms with Gasteiger partial charge in [0, 0.05) is 44.9 Å². The standard InChI is InChI=1S/C23H26FN5O5/c1-27-9-3-4-13-18(27)25-22(26-19(13)31)29-10-7-23(8-11-29)15-14(24)6-5-12(17(30)20(32)33)16(15)28(2)21(23)34/h5-6,17,30H,3-4,7-11H2,1-2H3,(H,32,33)(H,25,26,31). The van der Waals surface area contributed by atoms with Gasteiger partial charge in [-0.3, -0.25) is 14.6 Å². The number of rotatable bonds is 3. The zero-order valence-corrected chi connectivity index (χ0v) is 19.0. The second-order valence-electron chi connectivity index (χ2n) is 9.25. The molecule has 2 aromatic rings. The van der Waals surface area contributed by atoms with Crippen LogP contribution in [0.2, 0.25) is 0 Å². The second kappa shape index (κ2) is 7.79. The number of likely N-dealkylation sites (N-methyl/N-ethyl adjacent to an activating group) is 1. The number of carboxylic acids is 1. The number of H-pyrrole nitrogens is 1. The summed E-state index contributed by atoms with van der Waals surface area (Å²) in [4.78, 5) is 50.1. The minimum Gasteiger partial charge on any atom is -0.479 e. The molecule has 0 aliphatic carbocycles. The van der Waals surface area contributed by atoms with E-state index in [1.807, 2.05) is 16.8 Å². The van der Waals surface area contributed by atoms with Crippen LogP contribution in [0, 0.1) is 5.82 Å². The summed E-state index contributed by atoms with van der Waals surface area (Å²) in [6, 6.07) is 2.32. The number of piperidine rings is 1. The van der Waals surface area contributed by atoms with Crippen molar-refractivity contribution in [2.24, 2.45) is 0 Å². The first-order valence-corrected chi connectivity index (χ1v) is 11.3. The molecule has 1 atom stereocenters. The molecule has 3 N–H and O–H groups in total. The molecule has 0 radical (unpaired) electrons. The van der Waals surface area contributed by atoms with Gasteiger partial charge < -0.3 is 24.9 Å². The molecule has 34 heavy (non-hydrogen) atoms. The van der Waals surface area contributed by atoms with Crippen LogP contribution in [0.3, 0.4) is 0 Å². The summed E-state index contributed by atoms with van der Waals surface area (Å²) in [6.07, 6.45) is 0.194. The second-order valence-corrected chi connectivity index (χ2v) is 9.25. The normalized spacial score (nSPS) is 19.9. The third-order valence-corrected chi connectivity index (χ3v) is 7.39. The number of fused-ring (bicyclic) bond motifs is 3. The Hall–Kier alpha value is -3.47. The topological polar surface area (TPSA) is 130 Å². The molecule has 0 saturated carbocycles. The number of carbonyl (C=O) groups is 2. The highest BCUT2D eigenvalue weighted by Gasteiger charge is 2.54. The SMILES string of the molecule is CN1CCCc2c1nc(N1CCC3(CC1)C(=O)N(C)c1c(C(O)C(=O)O)ccc(F)c13)[nH]c2=O. The molecule has 1 unspecified atom stereocenters. The van der Waals surface area contributed by atoms with Crippen molar-refractivity contribution in [3.8, 4) is 0 Å². The molecule has 1 amide bonds. The van der Waals surface area contributed by atoms with E-state index in [0.717, 1.165) is 19.0 Å². The summed E-state index contributed by atoms with van der Waals surface area (Å²) >= 11 is 0. The van der Waals surface area contributed by atoms with Gasteiger partial charge in [-0.15, -0.1) is 0 Å². The zero-order chi connectivity index (χ0) is 24.4. The summed E-state index contributed by atoms with van der Waals surface area (Å²) in [5, 5.41) is 19.4. The first kappa shape index (κ1) is 22.3. The number of halogens is 1. The first-order chi connectivity index (χ1) is 16.2. The van der Waals surface area contributed by atoms with Crippen LogP contribution in [0.5, 0.6) is 0 Å². The number of benzene rings is 1. The van der Waals surface area contributed by atoms with Crippen molar-refractivity contribution >= 4 is 29.3 Å². The van der Waals surface area contributed by atoms with Gasteiger partial charge in [-0.05, 0) is 31.7 Å². The molecule has 1 aromatic heterocycles. The molecule has 4 heterocycles. The minimum atomic E-state index is -1.87. The zero-order valence-electron chi connectivity index (χ0n) is 19.0. The number of anilines is 3. The van der Waals surface area contributed by atoms with Gasteiger partial charge in [-0.1, -0.05) is 6.07 Å². The van der Waals surface area contributed by atoms with Gasteiger partial charge in [-0.25, -0.2) is 9.18 Å². The first-order valence-electron chi connectivity index (χ1n) is 11.3. The number of carbonyl (C=O) groups excluding carboxylic acids is 1. The van der Waals surface area contributed by atoms with Crippen LogP contribution < -0.4 is 20.3 Å². The van der Waals surface area contributed by atoms with Gasteiger partial charge in [0.1, 0.15) is 11.6 Å². The fourth-order valence-corrected chi connectivity index (χ4v) is 5.61. The number of aromatic nitrogens is 2. The lowest BCUT2D eigenvalue weighted by Crippen LogP contribution is -2.49. The molecule has 180 valence electrons. The largest absolute Gasteiger partial charge is 0.479 e. The fraction of sp³-hybridized carbons (Fsp3) is 0.478. The quantitative estimate of drug-likeness (QED) is 0.603. The van der Waals surface area contributed by atoms with Gasteiger partial charge in [-0.2, -0.15) is 4.98 Å². The van der Waals surface area contributed by atoms with E-state index in [-0.39, 0.29) is 41.1 Å². The minimum absolute atomic E-state index is 0.0113. The van der Waals surface area contributed by atoms with Crippen LogP contribution in [-0.4, -0.2) is 65.8 Å². The lowest BCUT2D eigenvalue weighted by molar-refractivity contribution is -0.147. The number of nitrogens with zero attached hydrogens (tertiary/aromatic N) is 4. The summed E-state index contributed by atoms with van der Waals surface area (Å²) in [6.45, 7) is 1.50. The van der Waals surface area contributed by atoms with Crippen LogP contribution >= 0.6 is 0 Å².